The Hall–Kier alpha value is -2.94. The van der Waals surface area contributed by atoms with Gasteiger partial charge in [-0.15, -0.1) is 11.3 Å². The minimum atomic E-state index is -3.27. The number of sulfonamides is 1. The summed E-state index contributed by atoms with van der Waals surface area (Å²) in [5.74, 6) is 1.22. The van der Waals surface area contributed by atoms with Crippen LogP contribution >= 0.6 is 11.3 Å². The summed E-state index contributed by atoms with van der Waals surface area (Å²) in [6.07, 6.45) is 4.34. The largest absolute Gasteiger partial charge is 0.378 e. The van der Waals surface area contributed by atoms with Crippen LogP contribution in [0.25, 0.3) is 21.6 Å². The summed E-state index contributed by atoms with van der Waals surface area (Å²) < 4.78 is 31.3. The first-order valence-electron chi connectivity index (χ1n) is 10.8. The zero-order valence-corrected chi connectivity index (χ0v) is 20.2. The fourth-order valence-corrected chi connectivity index (χ4v) is 5.88. The van der Waals surface area contributed by atoms with Crippen LogP contribution < -0.4 is 10.6 Å². The molecule has 34 heavy (non-hydrogen) atoms. The smallest absolute Gasteiger partial charge is 0.264 e. The number of fused-ring (bicyclic) bond motifs is 1. The van der Waals surface area contributed by atoms with Gasteiger partial charge in [0, 0.05) is 51.7 Å². The van der Waals surface area contributed by atoms with Gasteiger partial charge in [-0.1, -0.05) is 0 Å². The molecule has 3 aromatic heterocycles. The number of rotatable bonds is 4. The van der Waals surface area contributed by atoms with Crippen molar-refractivity contribution in [2.75, 3.05) is 69.4 Å². The molecule has 180 valence electrons. The molecule has 2 aliphatic rings. The Morgan fingerprint density at radius 3 is 2.38 bits per heavy atom. The standard InChI is InChI=1S/C20H24N8O4S2/c1-34(30,31)28-4-2-27(3-5-28)19(29)15-10-14-16(33-15)18(26-6-8-32-9-7-26)25-17(24-14)13-11-22-20(21)23-12-13/h10-12H,2-9H2,1H3,(H2,21,22,23). The second kappa shape index (κ2) is 9.02. The minimum Gasteiger partial charge on any atom is -0.378 e. The highest BCUT2D eigenvalue weighted by Crippen LogP contribution is 2.35. The molecule has 0 saturated carbocycles. The molecule has 0 unspecified atom stereocenters. The van der Waals surface area contributed by atoms with E-state index >= 15 is 0 Å². The van der Waals surface area contributed by atoms with Gasteiger partial charge >= 0.3 is 0 Å². The molecule has 0 spiro atoms. The third-order valence-electron chi connectivity index (χ3n) is 5.80. The number of carbonyl (C=O) groups is 1. The maximum atomic E-state index is 13.3. The number of hydrogen-bond donors (Lipinski definition) is 1. The van der Waals surface area contributed by atoms with Crippen molar-refractivity contribution in [1.82, 2.24) is 29.1 Å². The molecule has 5 heterocycles. The van der Waals surface area contributed by atoms with Gasteiger partial charge in [-0.2, -0.15) is 4.31 Å². The van der Waals surface area contributed by atoms with Crippen molar-refractivity contribution in [1.29, 1.82) is 0 Å². The Labute approximate surface area is 200 Å². The third-order valence-corrected chi connectivity index (χ3v) is 8.21. The summed E-state index contributed by atoms with van der Waals surface area (Å²) in [6, 6.07) is 1.78. The van der Waals surface area contributed by atoms with Crippen LogP contribution in [-0.4, -0.2) is 102 Å². The number of ether oxygens (including phenoxy) is 1. The highest BCUT2D eigenvalue weighted by molar-refractivity contribution is 7.88. The van der Waals surface area contributed by atoms with Crippen molar-refractivity contribution in [3.05, 3.63) is 23.3 Å². The van der Waals surface area contributed by atoms with Crippen molar-refractivity contribution in [3.63, 3.8) is 0 Å². The Morgan fingerprint density at radius 1 is 1.06 bits per heavy atom. The van der Waals surface area contributed by atoms with E-state index in [9.17, 15) is 13.2 Å². The highest BCUT2D eigenvalue weighted by atomic mass is 32.2. The van der Waals surface area contributed by atoms with Crippen molar-refractivity contribution in [2.24, 2.45) is 0 Å². The Bertz CT molecular complexity index is 1310. The van der Waals surface area contributed by atoms with Crippen molar-refractivity contribution in [2.45, 2.75) is 0 Å². The van der Waals surface area contributed by atoms with E-state index in [0.717, 1.165) is 10.5 Å². The van der Waals surface area contributed by atoms with Crippen molar-refractivity contribution in [3.8, 4) is 11.4 Å². The Morgan fingerprint density at radius 2 is 1.74 bits per heavy atom. The zero-order valence-electron chi connectivity index (χ0n) is 18.5. The van der Waals surface area contributed by atoms with Crippen LogP contribution in [0.2, 0.25) is 0 Å². The molecule has 14 heteroatoms. The van der Waals surface area contributed by atoms with Gasteiger partial charge in [0.15, 0.2) is 11.6 Å². The zero-order chi connectivity index (χ0) is 23.9. The summed E-state index contributed by atoms with van der Waals surface area (Å²) in [5, 5.41) is 0. The number of anilines is 2. The SMILES string of the molecule is CS(=O)(=O)N1CCN(C(=O)c2cc3nc(-c4cnc(N)nc4)nc(N4CCOCC4)c3s2)CC1. The van der Waals surface area contributed by atoms with E-state index in [-0.39, 0.29) is 24.9 Å². The van der Waals surface area contributed by atoms with E-state index in [1.54, 1.807) is 23.4 Å². The lowest BCUT2D eigenvalue weighted by molar-refractivity contribution is 0.0703. The first-order chi connectivity index (χ1) is 16.3. The third kappa shape index (κ3) is 4.53. The number of carbonyl (C=O) groups excluding carboxylic acids is 1. The van der Waals surface area contributed by atoms with E-state index in [4.69, 9.17) is 15.5 Å². The highest BCUT2D eigenvalue weighted by Gasteiger charge is 2.28. The topological polar surface area (TPSA) is 148 Å². The Balaban J connectivity index is 1.49. The van der Waals surface area contributed by atoms with Crippen LogP contribution in [0, 0.1) is 0 Å². The van der Waals surface area contributed by atoms with E-state index in [1.807, 2.05) is 0 Å². The van der Waals surface area contributed by atoms with E-state index in [1.165, 1.54) is 21.9 Å². The van der Waals surface area contributed by atoms with Crippen LogP contribution in [-0.2, 0) is 14.8 Å². The number of thiophene rings is 1. The normalized spacial score (nSPS) is 17.9. The van der Waals surface area contributed by atoms with Crippen LogP contribution in [0.15, 0.2) is 18.5 Å². The fraction of sp³-hybridized carbons (Fsp3) is 0.450. The summed E-state index contributed by atoms with van der Waals surface area (Å²) in [7, 11) is -3.27. The lowest BCUT2D eigenvalue weighted by atomic mass is 10.2. The second-order valence-corrected chi connectivity index (χ2v) is 11.1. The molecule has 2 saturated heterocycles. The first-order valence-corrected chi connectivity index (χ1v) is 13.4. The predicted octanol–water partition coefficient (Wildman–Crippen LogP) is 0.285. The average molecular weight is 505 g/mol. The van der Waals surface area contributed by atoms with Crippen LogP contribution in [0.1, 0.15) is 9.67 Å². The average Bonchev–Trinajstić information content (AvgIpc) is 3.28. The molecular formula is C20H24N8O4S2. The molecule has 0 aliphatic carbocycles. The van der Waals surface area contributed by atoms with E-state index in [2.05, 4.69) is 19.9 Å². The molecule has 0 aromatic carbocycles. The van der Waals surface area contributed by atoms with E-state index < -0.39 is 10.0 Å². The second-order valence-electron chi connectivity index (χ2n) is 8.08. The predicted molar refractivity (Wildman–Crippen MR) is 128 cm³/mol. The van der Waals surface area contributed by atoms with Gasteiger partial charge in [0.25, 0.3) is 5.91 Å². The molecule has 0 radical (unpaired) electrons. The lowest BCUT2D eigenvalue weighted by Crippen LogP contribution is -2.50. The molecule has 2 N–H and O–H groups in total. The van der Waals surface area contributed by atoms with Gasteiger partial charge in [0.1, 0.15) is 0 Å². The number of nitrogen functional groups attached to an aromatic ring is 1. The van der Waals surface area contributed by atoms with Gasteiger partial charge < -0.3 is 20.3 Å². The quantitative estimate of drug-likeness (QED) is 0.525. The molecule has 12 nitrogen and oxygen atoms in total. The molecule has 0 atom stereocenters. The van der Waals surface area contributed by atoms with Crippen LogP contribution in [0.4, 0.5) is 11.8 Å². The van der Waals surface area contributed by atoms with Gasteiger partial charge in [-0.05, 0) is 6.07 Å². The number of piperazine rings is 1. The maximum absolute atomic E-state index is 13.3. The molecule has 5 rings (SSSR count). The monoisotopic (exact) mass is 504 g/mol. The molecule has 2 aliphatic heterocycles. The number of morpholine rings is 1. The summed E-state index contributed by atoms with van der Waals surface area (Å²) in [4.78, 5) is 35.2. The van der Waals surface area contributed by atoms with Crippen LogP contribution in [0.3, 0.4) is 0 Å². The van der Waals surface area contributed by atoms with Crippen molar-refractivity contribution < 1.29 is 17.9 Å². The fourth-order valence-electron chi connectivity index (χ4n) is 3.97. The number of nitrogens with two attached hydrogens (primary N) is 1. The van der Waals surface area contributed by atoms with Crippen LogP contribution in [0.5, 0.6) is 0 Å². The number of amides is 1. The maximum Gasteiger partial charge on any atom is 0.264 e. The minimum absolute atomic E-state index is 0.138. The number of nitrogens with zero attached hydrogens (tertiary/aromatic N) is 7. The summed E-state index contributed by atoms with van der Waals surface area (Å²) in [5.41, 5.74) is 6.91. The molecule has 0 bridgehead atoms. The number of hydrogen-bond acceptors (Lipinski definition) is 11. The van der Waals surface area contributed by atoms with Gasteiger partial charge in [0.2, 0.25) is 16.0 Å². The van der Waals surface area contributed by atoms with Gasteiger partial charge in [-0.25, -0.2) is 28.4 Å². The summed E-state index contributed by atoms with van der Waals surface area (Å²) >= 11 is 1.35. The number of aromatic nitrogens is 4. The van der Waals surface area contributed by atoms with Gasteiger partial charge in [-0.3, -0.25) is 4.79 Å². The molecule has 3 aromatic rings. The molecular weight excluding hydrogens is 480 g/mol. The van der Waals surface area contributed by atoms with E-state index in [0.29, 0.717) is 61.2 Å². The van der Waals surface area contributed by atoms with Crippen molar-refractivity contribution >= 4 is 49.3 Å². The first kappa shape index (κ1) is 22.8. The molecule has 1 amide bonds. The molecule has 2 fully saturated rings. The lowest BCUT2D eigenvalue weighted by Gasteiger charge is -2.32. The van der Waals surface area contributed by atoms with Gasteiger partial charge in [0.05, 0.1) is 40.1 Å². The Kier molecular flexibility index (Phi) is 6.06. The summed E-state index contributed by atoms with van der Waals surface area (Å²) in [6.45, 7) is 3.80.